The molecule has 0 radical (unpaired) electrons. The van der Waals surface area contributed by atoms with Crippen molar-refractivity contribution in [3.05, 3.63) is 29.8 Å². The number of rotatable bonds is 4. The van der Waals surface area contributed by atoms with E-state index in [1.54, 1.807) is 0 Å². The van der Waals surface area contributed by atoms with Gasteiger partial charge in [-0.15, -0.1) is 0 Å². The highest BCUT2D eigenvalue weighted by atomic mass is 32.2. The zero-order chi connectivity index (χ0) is 18.7. The first kappa shape index (κ1) is 18.4. The molecule has 136 valence electrons. The molecule has 1 aliphatic heterocycles. The standard InChI is InChI=1S/C17H24BNO5S/c1-15(2)16(3,4)24-18(23-15)13-8-6-12(7-9-13)17(10-11-17)14(20)19-25(5,21)22/h6-9H,10-11H2,1-5H3,(H,19,20). The summed E-state index contributed by atoms with van der Waals surface area (Å²) < 4.78 is 36.8. The molecule has 1 N–H and O–H groups in total. The Balaban J connectivity index is 1.79. The number of amides is 1. The summed E-state index contributed by atoms with van der Waals surface area (Å²) in [5.74, 6) is -0.460. The lowest BCUT2D eigenvalue weighted by Crippen LogP contribution is -2.41. The molecule has 6 nitrogen and oxygen atoms in total. The van der Waals surface area contributed by atoms with E-state index in [0.717, 1.165) is 17.3 Å². The van der Waals surface area contributed by atoms with Gasteiger partial charge in [0.05, 0.1) is 22.9 Å². The van der Waals surface area contributed by atoms with Crippen LogP contribution in [0, 0.1) is 0 Å². The Labute approximate surface area is 149 Å². The van der Waals surface area contributed by atoms with Crippen molar-refractivity contribution in [3.63, 3.8) is 0 Å². The summed E-state index contributed by atoms with van der Waals surface area (Å²) in [5, 5.41) is 0. The Morgan fingerprint density at radius 2 is 1.52 bits per heavy atom. The van der Waals surface area contributed by atoms with Gasteiger partial charge in [0.2, 0.25) is 15.9 Å². The van der Waals surface area contributed by atoms with Crippen molar-refractivity contribution in [2.75, 3.05) is 6.26 Å². The molecule has 0 aromatic heterocycles. The Morgan fingerprint density at radius 1 is 1.04 bits per heavy atom. The molecule has 1 saturated heterocycles. The van der Waals surface area contributed by atoms with Gasteiger partial charge < -0.3 is 9.31 Å². The van der Waals surface area contributed by atoms with Crippen molar-refractivity contribution < 1.29 is 22.5 Å². The molecular formula is C17H24BNO5S. The van der Waals surface area contributed by atoms with Gasteiger partial charge in [0.25, 0.3) is 0 Å². The lowest BCUT2D eigenvalue weighted by Gasteiger charge is -2.32. The lowest BCUT2D eigenvalue weighted by molar-refractivity contribution is -0.121. The van der Waals surface area contributed by atoms with Crippen LogP contribution in [-0.4, -0.2) is 38.9 Å². The van der Waals surface area contributed by atoms with Gasteiger partial charge in [0.15, 0.2) is 0 Å². The summed E-state index contributed by atoms with van der Waals surface area (Å²) in [5.41, 5.74) is 0.125. The van der Waals surface area contributed by atoms with Crippen molar-refractivity contribution in [1.29, 1.82) is 0 Å². The third-order valence-electron chi connectivity index (χ3n) is 5.45. The highest BCUT2D eigenvalue weighted by Gasteiger charge is 2.53. The molecular weight excluding hydrogens is 341 g/mol. The van der Waals surface area contributed by atoms with Crippen LogP contribution in [0.5, 0.6) is 0 Å². The normalized spacial score (nSPS) is 23.3. The van der Waals surface area contributed by atoms with E-state index in [-0.39, 0.29) is 0 Å². The number of benzene rings is 1. The summed E-state index contributed by atoms with van der Waals surface area (Å²) in [6.45, 7) is 7.98. The van der Waals surface area contributed by atoms with Gasteiger partial charge in [-0.25, -0.2) is 8.42 Å². The minimum atomic E-state index is -3.56. The van der Waals surface area contributed by atoms with Gasteiger partial charge in [0.1, 0.15) is 0 Å². The van der Waals surface area contributed by atoms with Crippen LogP contribution in [0.2, 0.25) is 0 Å². The third-order valence-corrected chi connectivity index (χ3v) is 6.01. The van der Waals surface area contributed by atoms with Gasteiger partial charge in [-0.2, -0.15) is 0 Å². The highest BCUT2D eigenvalue weighted by molar-refractivity contribution is 7.89. The maximum Gasteiger partial charge on any atom is 0.494 e. The SMILES string of the molecule is CC1(C)OB(c2ccc(C3(C(=O)NS(C)(=O)=O)CC3)cc2)OC1(C)C. The van der Waals surface area contributed by atoms with Gasteiger partial charge in [-0.1, -0.05) is 24.3 Å². The Morgan fingerprint density at radius 3 is 1.92 bits per heavy atom. The first-order chi connectivity index (χ1) is 11.4. The van der Waals surface area contributed by atoms with E-state index < -0.39 is 39.7 Å². The number of sulfonamides is 1. The molecule has 1 heterocycles. The van der Waals surface area contributed by atoms with Gasteiger partial charge >= 0.3 is 7.12 Å². The summed E-state index contributed by atoms with van der Waals surface area (Å²) in [6, 6.07) is 7.47. The average Bonchev–Trinajstić information content (AvgIpc) is 3.22. The van der Waals surface area contributed by atoms with E-state index in [4.69, 9.17) is 9.31 Å². The second-order valence-corrected chi connectivity index (χ2v) is 9.74. The second kappa shape index (κ2) is 5.56. The minimum Gasteiger partial charge on any atom is -0.399 e. The van der Waals surface area contributed by atoms with Crippen LogP contribution in [0.4, 0.5) is 0 Å². The number of hydrogen-bond donors (Lipinski definition) is 1. The second-order valence-electron chi connectivity index (χ2n) is 8.00. The van der Waals surface area contributed by atoms with E-state index in [1.807, 2.05) is 52.0 Å². The molecule has 1 aromatic carbocycles. The number of carbonyl (C=O) groups is 1. The molecule has 2 fully saturated rings. The zero-order valence-corrected chi connectivity index (χ0v) is 16.1. The van der Waals surface area contributed by atoms with E-state index in [9.17, 15) is 13.2 Å². The van der Waals surface area contributed by atoms with Gasteiger partial charge in [-0.05, 0) is 51.6 Å². The largest absolute Gasteiger partial charge is 0.494 e. The molecule has 1 amide bonds. The number of nitrogens with one attached hydrogen (secondary N) is 1. The van der Waals surface area contributed by atoms with E-state index >= 15 is 0 Å². The Hall–Kier alpha value is -1.38. The summed E-state index contributed by atoms with van der Waals surface area (Å²) >= 11 is 0. The van der Waals surface area contributed by atoms with Crippen LogP contribution >= 0.6 is 0 Å². The quantitative estimate of drug-likeness (QED) is 0.808. The van der Waals surface area contributed by atoms with E-state index in [2.05, 4.69) is 4.72 Å². The smallest absolute Gasteiger partial charge is 0.399 e. The topological polar surface area (TPSA) is 81.7 Å². The molecule has 2 aliphatic rings. The van der Waals surface area contributed by atoms with Crippen LogP contribution in [0.3, 0.4) is 0 Å². The number of carbonyl (C=O) groups excluding carboxylic acids is 1. The van der Waals surface area contributed by atoms with Crippen LogP contribution in [0.25, 0.3) is 0 Å². The predicted molar refractivity (Wildman–Crippen MR) is 96.1 cm³/mol. The molecule has 3 rings (SSSR count). The molecule has 0 spiro atoms. The van der Waals surface area contributed by atoms with Gasteiger partial charge in [-0.3, -0.25) is 9.52 Å². The minimum absolute atomic E-state index is 0.413. The Kier molecular flexibility index (Phi) is 4.10. The van der Waals surface area contributed by atoms with E-state index in [0.29, 0.717) is 12.8 Å². The fourth-order valence-electron chi connectivity index (χ4n) is 2.98. The molecule has 1 aliphatic carbocycles. The van der Waals surface area contributed by atoms with E-state index in [1.165, 1.54) is 0 Å². The van der Waals surface area contributed by atoms with Crippen molar-refractivity contribution in [1.82, 2.24) is 4.72 Å². The monoisotopic (exact) mass is 365 g/mol. The first-order valence-corrected chi connectivity index (χ1v) is 10.2. The fourth-order valence-corrected chi connectivity index (χ4v) is 3.51. The molecule has 0 bridgehead atoms. The van der Waals surface area contributed by atoms with Crippen molar-refractivity contribution in [2.24, 2.45) is 0 Å². The van der Waals surface area contributed by atoms with Crippen molar-refractivity contribution in [3.8, 4) is 0 Å². The first-order valence-electron chi connectivity index (χ1n) is 8.35. The van der Waals surface area contributed by atoms with Crippen molar-refractivity contribution >= 4 is 28.5 Å². The van der Waals surface area contributed by atoms with Gasteiger partial charge in [0, 0.05) is 0 Å². The molecule has 1 aromatic rings. The molecule has 1 saturated carbocycles. The maximum absolute atomic E-state index is 12.3. The summed E-state index contributed by atoms with van der Waals surface area (Å²) in [4.78, 5) is 12.3. The van der Waals surface area contributed by atoms with Crippen LogP contribution in [0.1, 0.15) is 46.1 Å². The average molecular weight is 365 g/mol. The molecule has 0 unspecified atom stereocenters. The molecule has 8 heteroatoms. The van der Waals surface area contributed by atoms with Crippen LogP contribution in [0.15, 0.2) is 24.3 Å². The maximum atomic E-state index is 12.3. The zero-order valence-electron chi connectivity index (χ0n) is 15.3. The lowest BCUT2D eigenvalue weighted by atomic mass is 9.78. The molecule has 0 atom stereocenters. The van der Waals surface area contributed by atoms with Crippen LogP contribution in [-0.2, 0) is 29.5 Å². The summed E-state index contributed by atoms with van der Waals surface area (Å²) in [6.07, 6.45) is 2.27. The number of hydrogen-bond acceptors (Lipinski definition) is 5. The van der Waals surface area contributed by atoms with Crippen molar-refractivity contribution in [2.45, 2.75) is 57.2 Å². The predicted octanol–water partition coefficient (Wildman–Crippen LogP) is 1.09. The Bertz CT molecular complexity index is 781. The third kappa shape index (κ3) is 3.35. The highest BCUT2D eigenvalue weighted by Crippen LogP contribution is 2.48. The van der Waals surface area contributed by atoms with Crippen LogP contribution < -0.4 is 10.2 Å². The fraction of sp³-hybridized carbons (Fsp3) is 0.588. The summed E-state index contributed by atoms with van der Waals surface area (Å²) in [7, 11) is -4.02. The molecule has 25 heavy (non-hydrogen) atoms.